The van der Waals surface area contributed by atoms with Crippen LogP contribution in [-0.4, -0.2) is 29.2 Å². The molecule has 0 amide bonds. The molecule has 4 aliphatic rings. The van der Waals surface area contributed by atoms with Crippen molar-refractivity contribution in [2.75, 3.05) is 0 Å². The van der Waals surface area contributed by atoms with E-state index in [9.17, 15) is 35.8 Å². The fourth-order valence-corrected chi connectivity index (χ4v) is 8.73. The third-order valence-electron chi connectivity index (χ3n) is 10.8. The summed E-state index contributed by atoms with van der Waals surface area (Å²) in [6, 6.07) is 0. The molecule has 0 aromatic carbocycles. The number of rotatable bonds is 5. The number of alkyl halides is 7. The summed E-state index contributed by atoms with van der Waals surface area (Å²) in [4.78, 5) is 0. The first-order chi connectivity index (χ1) is 16.0. The normalized spacial score (nSPS) is 39.2. The van der Waals surface area contributed by atoms with Crippen LogP contribution in [0.25, 0.3) is 0 Å². The number of allylic oxidation sites excluding steroid dienone is 2. The molecule has 0 spiro atoms. The van der Waals surface area contributed by atoms with Gasteiger partial charge in [-0.3, -0.25) is 0 Å². The van der Waals surface area contributed by atoms with E-state index in [1.807, 2.05) is 6.92 Å². The second-order valence-corrected chi connectivity index (χ2v) is 12.5. The molecule has 35 heavy (non-hydrogen) atoms. The van der Waals surface area contributed by atoms with Crippen LogP contribution in [0.4, 0.5) is 30.7 Å². The quantitative estimate of drug-likeness (QED) is 0.289. The fraction of sp³-hybridized carbons (Fsp3) is 0.926. The smallest absolute Gasteiger partial charge is 0.393 e. The van der Waals surface area contributed by atoms with E-state index < -0.39 is 30.9 Å². The molecule has 0 aliphatic heterocycles. The van der Waals surface area contributed by atoms with Crippen LogP contribution in [-0.2, 0) is 0 Å². The Balaban J connectivity index is 1.47. The number of hydrogen-bond acceptors (Lipinski definition) is 1. The Kier molecular flexibility index (Phi) is 6.93. The highest BCUT2D eigenvalue weighted by Gasteiger charge is 2.71. The van der Waals surface area contributed by atoms with E-state index in [-0.39, 0.29) is 35.2 Å². The Morgan fingerprint density at radius 3 is 2.20 bits per heavy atom. The molecule has 0 aromatic rings. The lowest BCUT2D eigenvalue weighted by Crippen LogP contribution is -2.53. The van der Waals surface area contributed by atoms with Gasteiger partial charge in [0.2, 0.25) is 0 Å². The first-order valence-corrected chi connectivity index (χ1v) is 13.3. The van der Waals surface area contributed by atoms with Gasteiger partial charge in [-0.15, -0.1) is 0 Å². The van der Waals surface area contributed by atoms with Crippen LogP contribution in [0, 0.1) is 34.5 Å². The molecule has 4 rings (SSSR count). The van der Waals surface area contributed by atoms with E-state index in [0.29, 0.717) is 11.8 Å². The van der Waals surface area contributed by atoms with Gasteiger partial charge in [-0.1, -0.05) is 38.3 Å². The molecular formula is C27H39F7O. The molecular weight excluding hydrogens is 473 g/mol. The standard InChI is InChI=1S/C27H39F7O/c1-16(5-4-12-25(28,26(29,30)31)27(32,33)34)20-8-9-21-19-7-6-17-15-18(35)10-13-23(17,2)22(19)11-14-24(20,21)3/h16-18,20,22,35H,4-15H2,1-3H3/t16-,17+,18+,20-,22+,23+,24-/m1/s1. The van der Waals surface area contributed by atoms with Crippen molar-refractivity contribution in [3.05, 3.63) is 11.1 Å². The molecule has 1 N–H and O–H groups in total. The van der Waals surface area contributed by atoms with Crippen molar-refractivity contribution in [2.24, 2.45) is 34.5 Å². The molecule has 7 atom stereocenters. The maximum absolute atomic E-state index is 14.1. The lowest BCUT2D eigenvalue weighted by atomic mass is 9.49. The predicted octanol–water partition coefficient (Wildman–Crippen LogP) is 8.71. The Hall–Kier alpha value is -0.790. The Morgan fingerprint density at radius 2 is 1.57 bits per heavy atom. The van der Waals surface area contributed by atoms with Gasteiger partial charge in [0.25, 0.3) is 5.67 Å². The third-order valence-corrected chi connectivity index (χ3v) is 10.8. The Bertz CT molecular complexity index is 816. The minimum atomic E-state index is -5.96. The molecule has 0 unspecified atom stereocenters. The van der Waals surface area contributed by atoms with E-state index in [2.05, 4.69) is 13.8 Å². The molecule has 0 bridgehead atoms. The molecule has 3 fully saturated rings. The molecule has 202 valence electrons. The van der Waals surface area contributed by atoms with Gasteiger partial charge in [0.1, 0.15) is 0 Å². The molecule has 0 radical (unpaired) electrons. The van der Waals surface area contributed by atoms with Gasteiger partial charge < -0.3 is 5.11 Å². The highest BCUT2D eigenvalue weighted by molar-refractivity contribution is 5.34. The first kappa shape index (κ1) is 27.3. The van der Waals surface area contributed by atoms with Gasteiger partial charge in [0.05, 0.1) is 6.10 Å². The maximum Gasteiger partial charge on any atom is 0.431 e. The van der Waals surface area contributed by atoms with Crippen LogP contribution in [0.2, 0.25) is 0 Å². The van der Waals surface area contributed by atoms with Crippen LogP contribution < -0.4 is 0 Å². The summed E-state index contributed by atoms with van der Waals surface area (Å²) in [6.07, 6.45) is -5.28. The SMILES string of the molecule is C[C@H](CCCC(F)(C(F)(F)F)C(F)(F)F)[C@H]1CCC2=C3CC[C@H]4C[C@@H](O)CC[C@]4(C)[C@H]3CC[C@@]21C. The predicted molar refractivity (Wildman–Crippen MR) is 120 cm³/mol. The minimum Gasteiger partial charge on any atom is -0.393 e. The van der Waals surface area contributed by atoms with E-state index in [1.54, 1.807) is 5.57 Å². The molecule has 1 nitrogen and oxygen atoms in total. The molecule has 0 aromatic heterocycles. The summed E-state index contributed by atoms with van der Waals surface area (Å²) in [5.74, 6) is 1.16. The number of fused-ring (bicyclic) bond motifs is 4. The first-order valence-electron chi connectivity index (χ1n) is 13.3. The zero-order chi connectivity index (χ0) is 26.0. The van der Waals surface area contributed by atoms with Crippen molar-refractivity contribution in [3.8, 4) is 0 Å². The summed E-state index contributed by atoms with van der Waals surface area (Å²) in [5, 5.41) is 10.2. The van der Waals surface area contributed by atoms with Gasteiger partial charge in [0, 0.05) is 0 Å². The summed E-state index contributed by atoms with van der Waals surface area (Å²) < 4.78 is 91.6. The highest BCUT2D eigenvalue weighted by atomic mass is 19.4. The highest BCUT2D eigenvalue weighted by Crippen LogP contribution is 2.66. The Labute approximate surface area is 203 Å². The summed E-state index contributed by atoms with van der Waals surface area (Å²) in [7, 11) is 0. The van der Waals surface area contributed by atoms with Crippen molar-refractivity contribution in [1.82, 2.24) is 0 Å². The zero-order valence-electron chi connectivity index (χ0n) is 21.0. The number of aliphatic hydroxyl groups is 1. The topological polar surface area (TPSA) is 20.2 Å². The largest absolute Gasteiger partial charge is 0.431 e. The second kappa shape index (κ2) is 8.90. The van der Waals surface area contributed by atoms with E-state index in [1.165, 1.54) is 5.57 Å². The maximum atomic E-state index is 14.1. The van der Waals surface area contributed by atoms with Gasteiger partial charge in [-0.25, -0.2) is 4.39 Å². The van der Waals surface area contributed by atoms with Crippen LogP contribution in [0.3, 0.4) is 0 Å². The van der Waals surface area contributed by atoms with Crippen LogP contribution in [0.15, 0.2) is 11.1 Å². The average Bonchev–Trinajstić information content (AvgIpc) is 3.09. The van der Waals surface area contributed by atoms with Crippen LogP contribution in [0.5, 0.6) is 0 Å². The van der Waals surface area contributed by atoms with E-state index >= 15 is 0 Å². The number of halogens is 7. The molecule has 0 heterocycles. The van der Waals surface area contributed by atoms with Gasteiger partial charge >= 0.3 is 12.4 Å². The summed E-state index contributed by atoms with van der Waals surface area (Å²) in [5.41, 5.74) is -1.98. The van der Waals surface area contributed by atoms with E-state index in [0.717, 1.165) is 57.8 Å². The summed E-state index contributed by atoms with van der Waals surface area (Å²) >= 11 is 0. The molecule has 8 heteroatoms. The number of hydrogen-bond donors (Lipinski definition) is 1. The fourth-order valence-electron chi connectivity index (χ4n) is 8.73. The molecule has 4 aliphatic carbocycles. The van der Waals surface area contributed by atoms with Crippen molar-refractivity contribution >= 4 is 0 Å². The van der Waals surface area contributed by atoms with Crippen molar-refractivity contribution in [3.63, 3.8) is 0 Å². The van der Waals surface area contributed by atoms with Crippen molar-refractivity contribution in [1.29, 1.82) is 0 Å². The minimum absolute atomic E-state index is 0.0721. The van der Waals surface area contributed by atoms with Crippen molar-refractivity contribution < 1.29 is 35.8 Å². The van der Waals surface area contributed by atoms with Gasteiger partial charge in [-0.05, 0) is 105 Å². The zero-order valence-corrected chi connectivity index (χ0v) is 21.0. The van der Waals surface area contributed by atoms with E-state index in [4.69, 9.17) is 0 Å². The molecule has 0 saturated heterocycles. The molecule has 3 saturated carbocycles. The lowest BCUT2D eigenvalue weighted by molar-refractivity contribution is -0.343. The Morgan fingerprint density at radius 1 is 0.914 bits per heavy atom. The van der Waals surface area contributed by atoms with Crippen molar-refractivity contribution in [2.45, 2.75) is 122 Å². The van der Waals surface area contributed by atoms with Gasteiger partial charge in [-0.2, -0.15) is 26.3 Å². The third kappa shape index (κ3) is 4.35. The van der Waals surface area contributed by atoms with Gasteiger partial charge in [0.15, 0.2) is 0 Å². The second-order valence-electron chi connectivity index (χ2n) is 12.5. The monoisotopic (exact) mass is 512 g/mol. The number of aliphatic hydroxyl groups excluding tert-OH is 1. The average molecular weight is 513 g/mol. The van der Waals surface area contributed by atoms with Crippen LogP contribution >= 0.6 is 0 Å². The summed E-state index contributed by atoms with van der Waals surface area (Å²) in [6.45, 7) is 6.54. The van der Waals surface area contributed by atoms with Crippen LogP contribution in [0.1, 0.15) is 97.8 Å². The lowest BCUT2D eigenvalue weighted by Gasteiger charge is -2.56.